The second-order valence-corrected chi connectivity index (χ2v) is 4.83. The van der Waals surface area contributed by atoms with Gasteiger partial charge in [-0.05, 0) is 38.3 Å². The average molecular weight is 242 g/mol. The smallest absolute Gasteiger partial charge is 0.326 e. The van der Waals surface area contributed by atoms with Crippen LogP contribution in [0.1, 0.15) is 33.1 Å². The van der Waals surface area contributed by atoms with Gasteiger partial charge >= 0.3 is 5.97 Å². The fourth-order valence-electron chi connectivity index (χ4n) is 2.00. The molecular weight excluding hydrogens is 220 g/mol. The fourth-order valence-corrected chi connectivity index (χ4v) is 2.00. The van der Waals surface area contributed by atoms with E-state index in [-0.39, 0.29) is 5.91 Å². The molecule has 17 heavy (non-hydrogen) atoms. The van der Waals surface area contributed by atoms with Crippen LogP contribution in [0.3, 0.4) is 0 Å². The molecule has 0 bridgehead atoms. The van der Waals surface area contributed by atoms with Crippen LogP contribution in [-0.2, 0) is 9.59 Å². The summed E-state index contributed by atoms with van der Waals surface area (Å²) in [5.74, 6) is -0.418. The highest BCUT2D eigenvalue weighted by atomic mass is 16.4. The Morgan fingerprint density at radius 1 is 1.41 bits per heavy atom. The fraction of sp³-hybridized carbons (Fsp3) is 0.833. The number of rotatable bonds is 5. The summed E-state index contributed by atoms with van der Waals surface area (Å²) in [6.07, 6.45) is 2.64. The molecule has 1 aliphatic heterocycles. The summed E-state index contributed by atoms with van der Waals surface area (Å²) in [6.45, 7) is 6.14. The van der Waals surface area contributed by atoms with Gasteiger partial charge in [0.05, 0.1) is 6.54 Å². The van der Waals surface area contributed by atoms with Crippen LogP contribution in [0.4, 0.5) is 0 Å². The summed E-state index contributed by atoms with van der Waals surface area (Å²) < 4.78 is 0. The molecule has 5 heteroatoms. The zero-order valence-electron chi connectivity index (χ0n) is 10.6. The molecule has 1 atom stereocenters. The van der Waals surface area contributed by atoms with Crippen molar-refractivity contribution in [3.63, 3.8) is 0 Å². The lowest BCUT2D eigenvalue weighted by Crippen LogP contribution is -2.46. The van der Waals surface area contributed by atoms with Gasteiger partial charge in [0, 0.05) is 0 Å². The predicted molar refractivity (Wildman–Crippen MR) is 64.7 cm³/mol. The maximum atomic E-state index is 11.7. The van der Waals surface area contributed by atoms with Crippen LogP contribution in [0.25, 0.3) is 0 Å². The molecule has 0 radical (unpaired) electrons. The van der Waals surface area contributed by atoms with Crippen LogP contribution in [0, 0.1) is 5.92 Å². The first-order valence-corrected chi connectivity index (χ1v) is 6.27. The van der Waals surface area contributed by atoms with Gasteiger partial charge in [-0.25, -0.2) is 4.79 Å². The molecule has 0 aromatic rings. The maximum Gasteiger partial charge on any atom is 0.326 e. The first kappa shape index (κ1) is 14.0. The van der Waals surface area contributed by atoms with Crippen molar-refractivity contribution in [2.24, 2.45) is 5.92 Å². The zero-order chi connectivity index (χ0) is 12.8. The number of carbonyl (C=O) groups excluding carboxylic acids is 1. The highest BCUT2D eigenvalue weighted by Crippen LogP contribution is 2.15. The van der Waals surface area contributed by atoms with E-state index in [1.54, 1.807) is 6.92 Å². The Morgan fingerprint density at radius 2 is 2.00 bits per heavy atom. The Balaban J connectivity index is 2.31. The van der Waals surface area contributed by atoms with Gasteiger partial charge in [-0.15, -0.1) is 0 Å². The molecule has 1 unspecified atom stereocenters. The highest BCUT2D eigenvalue weighted by molar-refractivity contribution is 5.84. The molecule has 0 aromatic heterocycles. The van der Waals surface area contributed by atoms with Crippen LogP contribution in [-0.4, -0.2) is 47.6 Å². The van der Waals surface area contributed by atoms with Crippen molar-refractivity contribution in [1.82, 2.24) is 10.2 Å². The topological polar surface area (TPSA) is 69.6 Å². The van der Waals surface area contributed by atoms with E-state index in [0.29, 0.717) is 13.0 Å². The lowest BCUT2D eigenvalue weighted by molar-refractivity contribution is -0.142. The molecule has 0 aromatic carbocycles. The Bertz CT molecular complexity index is 273. The Labute approximate surface area is 102 Å². The van der Waals surface area contributed by atoms with Gasteiger partial charge in [0.25, 0.3) is 0 Å². The molecule has 1 amide bonds. The van der Waals surface area contributed by atoms with Gasteiger partial charge < -0.3 is 10.4 Å². The van der Waals surface area contributed by atoms with E-state index in [4.69, 9.17) is 5.11 Å². The molecule has 98 valence electrons. The van der Waals surface area contributed by atoms with Gasteiger partial charge in [-0.2, -0.15) is 0 Å². The SMILES string of the molecule is CCC(NC(=O)CN1CCC(C)CC1)C(=O)O. The average Bonchev–Trinajstić information content (AvgIpc) is 2.28. The Hall–Kier alpha value is -1.10. The number of aliphatic carboxylic acids is 1. The highest BCUT2D eigenvalue weighted by Gasteiger charge is 2.21. The summed E-state index contributed by atoms with van der Waals surface area (Å²) in [5, 5.41) is 11.4. The van der Waals surface area contributed by atoms with Crippen LogP contribution in [0.15, 0.2) is 0 Å². The van der Waals surface area contributed by atoms with E-state index in [1.165, 1.54) is 0 Å². The quantitative estimate of drug-likeness (QED) is 0.744. The zero-order valence-corrected chi connectivity index (χ0v) is 10.6. The number of piperidine rings is 1. The number of carboxylic acids is 1. The number of amides is 1. The molecule has 1 rings (SSSR count). The summed E-state index contributed by atoms with van der Waals surface area (Å²) in [6, 6.07) is -0.758. The van der Waals surface area contributed by atoms with Crippen molar-refractivity contribution in [2.45, 2.75) is 39.2 Å². The second-order valence-electron chi connectivity index (χ2n) is 4.83. The third-order valence-electron chi connectivity index (χ3n) is 3.29. The van der Waals surface area contributed by atoms with Crippen LogP contribution in [0.5, 0.6) is 0 Å². The van der Waals surface area contributed by atoms with Crippen molar-refractivity contribution < 1.29 is 14.7 Å². The molecule has 1 saturated heterocycles. The van der Waals surface area contributed by atoms with E-state index in [1.807, 2.05) is 0 Å². The maximum absolute atomic E-state index is 11.7. The number of hydrogen-bond donors (Lipinski definition) is 2. The standard InChI is InChI=1S/C12H22N2O3/c1-3-10(12(16)17)13-11(15)8-14-6-4-9(2)5-7-14/h9-10H,3-8H2,1-2H3,(H,13,15)(H,16,17). The van der Waals surface area contributed by atoms with E-state index >= 15 is 0 Å². The lowest BCUT2D eigenvalue weighted by Gasteiger charge is -2.29. The summed E-state index contributed by atoms with van der Waals surface area (Å²) in [7, 11) is 0. The minimum Gasteiger partial charge on any atom is -0.480 e. The van der Waals surface area contributed by atoms with Crippen molar-refractivity contribution >= 4 is 11.9 Å². The molecule has 5 nitrogen and oxygen atoms in total. The summed E-state index contributed by atoms with van der Waals surface area (Å²) >= 11 is 0. The Morgan fingerprint density at radius 3 is 2.47 bits per heavy atom. The van der Waals surface area contributed by atoms with Gasteiger partial charge in [-0.3, -0.25) is 9.69 Å². The number of nitrogens with zero attached hydrogens (tertiary/aromatic N) is 1. The largest absolute Gasteiger partial charge is 0.480 e. The molecule has 1 heterocycles. The molecule has 1 aliphatic rings. The van der Waals surface area contributed by atoms with Crippen LogP contribution < -0.4 is 5.32 Å². The van der Waals surface area contributed by atoms with E-state index in [0.717, 1.165) is 31.8 Å². The molecule has 1 fully saturated rings. The lowest BCUT2D eigenvalue weighted by atomic mass is 9.99. The van der Waals surface area contributed by atoms with Crippen LogP contribution >= 0.6 is 0 Å². The van der Waals surface area contributed by atoms with Crippen molar-refractivity contribution in [3.8, 4) is 0 Å². The van der Waals surface area contributed by atoms with Crippen molar-refractivity contribution in [1.29, 1.82) is 0 Å². The van der Waals surface area contributed by atoms with E-state index < -0.39 is 12.0 Å². The molecule has 0 saturated carbocycles. The van der Waals surface area contributed by atoms with Gasteiger partial charge in [0.1, 0.15) is 6.04 Å². The third-order valence-corrected chi connectivity index (χ3v) is 3.29. The number of carboxylic acid groups (broad SMARTS) is 1. The molecule has 0 spiro atoms. The normalized spacial score (nSPS) is 19.9. The summed E-state index contributed by atoms with van der Waals surface area (Å²) in [4.78, 5) is 24.5. The monoisotopic (exact) mass is 242 g/mol. The van der Waals surface area contributed by atoms with Gasteiger partial charge in [0.2, 0.25) is 5.91 Å². The third kappa shape index (κ3) is 4.73. The summed E-state index contributed by atoms with van der Waals surface area (Å²) in [5.41, 5.74) is 0. The number of carbonyl (C=O) groups is 2. The van der Waals surface area contributed by atoms with Crippen LogP contribution in [0.2, 0.25) is 0 Å². The molecule has 0 aliphatic carbocycles. The van der Waals surface area contributed by atoms with Crippen molar-refractivity contribution in [2.75, 3.05) is 19.6 Å². The van der Waals surface area contributed by atoms with Crippen molar-refractivity contribution in [3.05, 3.63) is 0 Å². The number of nitrogens with one attached hydrogen (secondary N) is 1. The second kappa shape index (κ2) is 6.59. The van der Waals surface area contributed by atoms with E-state index in [9.17, 15) is 9.59 Å². The van der Waals surface area contributed by atoms with E-state index in [2.05, 4.69) is 17.1 Å². The minimum atomic E-state index is -0.965. The predicted octanol–water partition coefficient (Wildman–Crippen LogP) is 0.698. The first-order valence-electron chi connectivity index (χ1n) is 6.27. The minimum absolute atomic E-state index is 0.186. The van der Waals surface area contributed by atoms with Gasteiger partial charge in [-0.1, -0.05) is 13.8 Å². The first-order chi connectivity index (χ1) is 8.02. The molecule has 2 N–H and O–H groups in total. The number of hydrogen-bond acceptors (Lipinski definition) is 3. The van der Waals surface area contributed by atoms with Gasteiger partial charge in [0.15, 0.2) is 0 Å². The Kier molecular flexibility index (Phi) is 5.41. The molecular formula is C12H22N2O3. The number of likely N-dealkylation sites (tertiary alicyclic amines) is 1.